The third-order valence-electron chi connectivity index (χ3n) is 3.79. The first-order valence-corrected chi connectivity index (χ1v) is 7.38. The third kappa shape index (κ3) is 2.85. The Labute approximate surface area is 138 Å². The lowest BCUT2D eigenvalue weighted by Gasteiger charge is -2.23. The maximum absolute atomic E-state index is 12.6. The fourth-order valence-electron chi connectivity index (χ4n) is 2.46. The van der Waals surface area contributed by atoms with Crippen LogP contribution >= 0.6 is 0 Å². The molecule has 1 N–H and O–H groups in total. The number of nitro groups is 1. The van der Waals surface area contributed by atoms with Crippen LogP contribution in [-0.4, -0.2) is 40.9 Å². The molecule has 2 aromatic rings. The Kier molecular flexibility index (Phi) is 4.03. The lowest BCUT2D eigenvalue weighted by atomic mass is 10.1. The standard InChI is InChI=1S/C16H16N4O4/c1-10-4-3-5-12-14(10)24-13-8-11(20(22)23)9-18-15(13)17-6-7-19(2)16(12)21/h3-5,8-9H,6-7H2,1-2H3,(H,17,18). The van der Waals surface area contributed by atoms with Gasteiger partial charge in [-0.1, -0.05) is 12.1 Å². The minimum Gasteiger partial charge on any atom is -0.452 e. The van der Waals surface area contributed by atoms with Crippen LogP contribution in [0.3, 0.4) is 0 Å². The Morgan fingerprint density at radius 1 is 1.42 bits per heavy atom. The van der Waals surface area contributed by atoms with Gasteiger partial charge in [-0.05, 0) is 18.6 Å². The van der Waals surface area contributed by atoms with Gasteiger partial charge in [0.1, 0.15) is 11.9 Å². The summed E-state index contributed by atoms with van der Waals surface area (Å²) in [5, 5.41) is 14.0. The van der Waals surface area contributed by atoms with Crippen LogP contribution in [-0.2, 0) is 0 Å². The minimum atomic E-state index is -0.535. The van der Waals surface area contributed by atoms with Gasteiger partial charge in [0, 0.05) is 20.1 Å². The molecule has 3 rings (SSSR count). The second-order valence-corrected chi connectivity index (χ2v) is 5.50. The summed E-state index contributed by atoms with van der Waals surface area (Å²) in [5.41, 5.74) is 0.996. The number of carbonyl (C=O) groups is 1. The van der Waals surface area contributed by atoms with E-state index in [1.165, 1.54) is 12.3 Å². The number of para-hydroxylation sites is 1. The largest absolute Gasteiger partial charge is 0.452 e. The number of fused-ring (bicyclic) bond motifs is 2. The van der Waals surface area contributed by atoms with Gasteiger partial charge in [0.2, 0.25) is 0 Å². The normalized spacial score (nSPS) is 14.1. The highest BCUT2D eigenvalue weighted by Gasteiger charge is 2.23. The molecule has 8 nitrogen and oxygen atoms in total. The molecule has 8 heteroatoms. The summed E-state index contributed by atoms with van der Waals surface area (Å²) in [5.74, 6) is 0.827. The van der Waals surface area contributed by atoms with Gasteiger partial charge in [-0.3, -0.25) is 14.9 Å². The molecule has 0 fully saturated rings. The van der Waals surface area contributed by atoms with E-state index in [2.05, 4.69) is 10.3 Å². The molecule has 0 saturated heterocycles. The number of benzene rings is 1. The van der Waals surface area contributed by atoms with Crippen molar-refractivity contribution in [1.29, 1.82) is 0 Å². The molecular formula is C16H16N4O4. The summed E-state index contributed by atoms with van der Waals surface area (Å²) < 4.78 is 5.88. The van der Waals surface area contributed by atoms with E-state index in [1.807, 2.05) is 13.0 Å². The first-order valence-electron chi connectivity index (χ1n) is 7.38. The summed E-state index contributed by atoms with van der Waals surface area (Å²) in [4.78, 5) is 28.7. The molecule has 1 aliphatic rings. The Balaban J connectivity index is 2.15. The highest BCUT2D eigenvalue weighted by atomic mass is 16.6. The van der Waals surface area contributed by atoms with E-state index >= 15 is 0 Å². The van der Waals surface area contributed by atoms with Crippen molar-refractivity contribution >= 4 is 17.4 Å². The molecule has 24 heavy (non-hydrogen) atoms. The number of aryl methyl sites for hydroxylation is 1. The third-order valence-corrected chi connectivity index (χ3v) is 3.79. The van der Waals surface area contributed by atoms with Crippen molar-refractivity contribution in [3.05, 3.63) is 51.7 Å². The predicted octanol–water partition coefficient (Wildman–Crippen LogP) is 2.59. The molecule has 1 aromatic heterocycles. The number of ether oxygens (including phenoxy) is 1. The quantitative estimate of drug-likeness (QED) is 0.638. The van der Waals surface area contributed by atoms with Crippen LogP contribution < -0.4 is 10.1 Å². The van der Waals surface area contributed by atoms with Crippen LogP contribution in [0, 0.1) is 17.0 Å². The van der Waals surface area contributed by atoms with E-state index in [9.17, 15) is 14.9 Å². The van der Waals surface area contributed by atoms with Gasteiger partial charge in [-0.25, -0.2) is 4.98 Å². The lowest BCUT2D eigenvalue weighted by molar-refractivity contribution is -0.385. The topological polar surface area (TPSA) is 97.6 Å². The molecule has 1 aliphatic heterocycles. The van der Waals surface area contributed by atoms with Crippen molar-refractivity contribution in [3.63, 3.8) is 0 Å². The molecule has 1 aromatic carbocycles. The van der Waals surface area contributed by atoms with E-state index in [0.29, 0.717) is 30.2 Å². The Bertz CT molecular complexity index is 822. The van der Waals surface area contributed by atoms with Crippen LogP contribution in [0.1, 0.15) is 15.9 Å². The van der Waals surface area contributed by atoms with E-state index in [1.54, 1.807) is 24.1 Å². The second kappa shape index (κ2) is 6.15. The molecule has 2 heterocycles. The number of hydrogen-bond acceptors (Lipinski definition) is 6. The van der Waals surface area contributed by atoms with E-state index in [4.69, 9.17) is 4.74 Å². The van der Waals surface area contributed by atoms with Gasteiger partial charge >= 0.3 is 0 Å². The SMILES string of the molecule is Cc1cccc2c1Oc1cc([N+](=O)[O-])cnc1NCCN(C)C2=O. The van der Waals surface area contributed by atoms with Crippen LogP contribution in [0.2, 0.25) is 0 Å². The fraction of sp³-hybridized carbons (Fsp3) is 0.250. The maximum Gasteiger partial charge on any atom is 0.291 e. The van der Waals surface area contributed by atoms with Gasteiger partial charge in [0.15, 0.2) is 11.6 Å². The van der Waals surface area contributed by atoms with E-state index in [-0.39, 0.29) is 17.3 Å². The van der Waals surface area contributed by atoms with Crippen molar-refractivity contribution < 1.29 is 14.5 Å². The number of anilines is 1. The zero-order valence-electron chi connectivity index (χ0n) is 13.3. The lowest BCUT2D eigenvalue weighted by Crippen LogP contribution is -2.32. The number of pyridine rings is 1. The number of nitrogens with zero attached hydrogens (tertiary/aromatic N) is 3. The number of likely N-dealkylation sites (N-methyl/N-ethyl adjacent to an activating group) is 1. The van der Waals surface area contributed by atoms with E-state index in [0.717, 1.165) is 5.56 Å². The average molecular weight is 328 g/mol. The first kappa shape index (κ1) is 15.7. The fourth-order valence-corrected chi connectivity index (χ4v) is 2.46. The molecule has 0 bridgehead atoms. The summed E-state index contributed by atoms with van der Waals surface area (Å²) in [6.45, 7) is 2.73. The van der Waals surface area contributed by atoms with Gasteiger partial charge in [-0.15, -0.1) is 0 Å². The van der Waals surface area contributed by atoms with Crippen molar-refractivity contribution in [2.75, 3.05) is 25.5 Å². The molecule has 0 unspecified atom stereocenters. The zero-order chi connectivity index (χ0) is 17.3. The minimum absolute atomic E-state index is 0.169. The molecule has 0 atom stereocenters. The number of carbonyl (C=O) groups excluding carboxylic acids is 1. The Morgan fingerprint density at radius 2 is 2.21 bits per heavy atom. The van der Waals surface area contributed by atoms with Crippen LogP contribution in [0.4, 0.5) is 11.5 Å². The van der Waals surface area contributed by atoms with E-state index < -0.39 is 4.92 Å². The molecule has 0 saturated carbocycles. The van der Waals surface area contributed by atoms with Gasteiger partial charge in [0.05, 0.1) is 16.6 Å². The summed E-state index contributed by atoms with van der Waals surface area (Å²) in [6, 6.07) is 6.58. The smallest absolute Gasteiger partial charge is 0.291 e. The second-order valence-electron chi connectivity index (χ2n) is 5.50. The number of aromatic nitrogens is 1. The van der Waals surface area contributed by atoms with Crippen LogP contribution in [0.5, 0.6) is 11.5 Å². The molecule has 1 amide bonds. The number of hydrogen-bond donors (Lipinski definition) is 1. The first-order chi connectivity index (χ1) is 11.5. The van der Waals surface area contributed by atoms with Crippen molar-refractivity contribution in [2.24, 2.45) is 0 Å². The van der Waals surface area contributed by atoms with Crippen molar-refractivity contribution in [3.8, 4) is 11.5 Å². The van der Waals surface area contributed by atoms with Crippen LogP contribution in [0.15, 0.2) is 30.5 Å². The molecule has 0 aliphatic carbocycles. The monoisotopic (exact) mass is 328 g/mol. The Morgan fingerprint density at radius 3 is 2.96 bits per heavy atom. The number of nitrogens with one attached hydrogen (secondary N) is 1. The highest BCUT2D eigenvalue weighted by Crippen LogP contribution is 2.35. The summed E-state index contributed by atoms with van der Waals surface area (Å²) >= 11 is 0. The Hall–Kier alpha value is -3.16. The average Bonchev–Trinajstić information content (AvgIpc) is 2.56. The molecule has 0 radical (unpaired) electrons. The van der Waals surface area contributed by atoms with Gasteiger partial charge in [0.25, 0.3) is 11.6 Å². The van der Waals surface area contributed by atoms with Crippen LogP contribution in [0.25, 0.3) is 0 Å². The molecule has 124 valence electrons. The predicted molar refractivity (Wildman–Crippen MR) is 87.6 cm³/mol. The maximum atomic E-state index is 12.6. The highest BCUT2D eigenvalue weighted by molar-refractivity contribution is 5.97. The molecular weight excluding hydrogens is 312 g/mol. The van der Waals surface area contributed by atoms with Gasteiger partial charge in [-0.2, -0.15) is 0 Å². The molecule has 0 spiro atoms. The van der Waals surface area contributed by atoms with Gasteiger partial charge < -0.3 is 15.0 Å². The number of rotatable bonds is 1. The summed E-state index contributed by atoms with van der Waals surface area (Å²) in [7, 11) is 1.71. The van der Waals surface area contributed by atoms with Crippen molar-refractivity contribution in [1.82, 2.24) is 9.88 Å². The zero-order valence-corrected chi connectivity index (χ0v) is 13.3. The van der Waals surface area contributed by atoms with Crippen molar-refractivity contribution in [2.45, 2.75) is 6.92 Å². The number of amides is 1. The summed E-state index contributed by atoms with van der Waals surface area (Å²) in [6.07, 6.45) is 1.18.